The minimum Gasteiger partial charge on any atom is -0.481 e. The lowest BCUT2D eigenvalue weighted by atomic mass is 10.0. The van der Waals surface area contributed by atoms with Crippen molar-refractivity contribution in [1.82, 2.24) is 20.2 Å². The quantitative estimate of drug-likeness (QED) is 0.549. The van der Waals surface area contributed by atoms with E-state index in [2.05, 4.69) is 34.1 Å². The van der Waals surface area contributed by atoms with E-state index in [4.69, 9.17) is 4.74 Å². The fourth-order valence-corrected chi connectivity index (χ4v) is 4.23. The van der Waals surface area contributed by atoms with Crippen molar-refractivity contribution in [1.29, 1.82) is 0 Å². The van der Waals surface area contributed by atoms with Crippen molar-refractivity contribution in [2.24, 2.45) is 0 Å². The van der Waals surface area contributed by atoms with E-state index in [1.54, 1.807) is 20.8 Å². The van der Waals surface area contributed by atoms with Crippen molar-refractivity contribution in [3.8, 4) is 5.75 Å². The fourth-order valence-electron chi connectivity index (χ4n) is 2.83. The molecule has 28 heavy (non-hydrogen) atoms. The number of H-pyrrole nitrogens is 1. The topological polar surface area (TPSA) is 113 Å². The summed E-state index contributed by atoms with van der Waals surface area (Å²) in [6, 6.07) is 7.60. The maximum atomic E-state index is 12.3. The van der Waals surface area contributed by atoms with Gasteiger partial charge in [0.05, 0.1) is 11.4 Å². The zero-order valence-corrected chi connectivity index (χ0v) is 17.7. The van der Waals surface area contributed by atoms with E-state index in [-0.39, 0.29) is 29.8 Å². The van der Waals surface area contributed by atoms with Crippen LogP contribution in [0.1, 0.15) is 43.6 Å². The van der Waals surface area contributed by atoms with Crippen molar-refractivity contribution < 1.29 is 17.9 Å². The molecule has 2 aromatic rings. The van der Waals surface area contributed by atoms with Gasteiger partial charge in [-0.1, -0.05) is 32.0 Å². The summed E-state index contributed by atoms with van der Waals surface area (Å²) in [6.45, 7) is 9.25. The minimum absolute atomic E-state index is 0.0629. The lowest BCUT2D eigenvalue weighted by Crippen LogP contribution is -2.40. The molecule has 9 heteroatoms. The Hall–Kier alpha value is -2.39. The van der Waals surface area contributed by atoms with Crippen LogP contribution in [0.3, 0.4) is 0 Å². The summed E-state index contributed by atoms with van der Waals surface area (Å²) >= 11 is 0. The molecule has 1 unspecified atom stereocenters. The highest BCUT2D eigenvalue weighted by molar-refractivity contribution is 7.89. The first kappa shape index (κ1) is 21.9. The SMILES string of the molecule is Cc1n[nH]c(C)c1S(=O)(=O)NCCNC(=O)C(C)Oc1ccccc1C(C)C. The molecule has 1 aromatic carbocycles. The van der Waals surface area contributed by atoms with Gasteiger partial charge in [-0.05, 0) is 38.3 Å². The number of hydrogen-bond acceptors (Lipinski definition) is 5. The van der Waals surface area contributed by atoms with Crippen LogP contribution < -0.4 is 14.8 Å². The van der Waals surface area contributed by atoms with Crippen LogP contribution >= 0.6 is 0 Å². The van der Waals surface area contributed by atoms with Crippen LogP contribution in [0, 0.1) is 13.8 Å². The van der Waals surface area contributed by atoms with Gasteiger partial charge in [-0.2, -0.15) is 5.10 Å². The van der Waals surface area contributed by atoms with Gasteiger partial charge in [0.1, 0.15) is 10.6 Å². The summed E-state index contributed by atoms with van der Waals surface area (Å²) in [5, 5.41) is 9.22. The number of hydrogen-bond donors (Lipinski definition) is 3. The third-order valence-corrected chi connectivity index (χ3v) is 5.98. The average Bonchev–Trinajstić information content (AvgIpc) is 2.98. The number of rotatable bonds is 9. The summed E-state index contributed by atoms with van der Waals surface area (Å²) in [5.74, 6) is 0.635. The number of aromatic amines is 1. The maximum absolute atomic E-state index is 12.3. The molecule has 1 atom stereocenters. The Labute approximate surface area is 166 Å². The number of nitrogens with zero attached hydrogens (tertiary/aromatic N) is 1. The van der Waals surface area contributed by atoms with Gasteiger partial charge in [-0.15, -0.1) is 0 Å². The van der Waals surface area contributed by atoms with E-state index < -0.39 is 16.1 Å². The zero-order valence-electron chi connectivity index (χ0n) is 16.9. The summed E-state index contributed by atoms with van der Waals surface area (Å²) in [6.07, 6.45) is -0.699. The number of carbonyl (C=O) groups is 1. The predicted octanol–water partition coefficient (Wildman–Crippen LogP) is 2.01. The van der Waals surface area contributed by atoms with Crippen LogP contribution in [0.15, 0.2) is 29.2 Å². The Morgan fingerprint density at radius 3 is 2.46 bits per heavy atom. The van der Waals surface area contributed by atoms with Gasteiger partial charge in [-0.25, -0.2) is 13.1 Å². The minimum atomic E-state index is -3.69. The monoisotopic (exact) mass is 408 g/mol. The zero-order chi connectivity index (χ0) is 20.9. The molecule has 0 aliphatic carbocycles. The maximum Gasteiger partial charge on any atom is 0.260 e. The molecular weight excluding hydrogens is 380 g/mol. The van der Waals surface area contributed by atoms with Gasteiger partial charge in [0, 0.05) is 13.1 Å². The summed E-state index contributed by atoms with van der Waals surface area (Å²) in [5.41, 5.74) is 1.90. The normalized spacial score (nSPS) is 12.8. The largest absolute Gasteiger partial charge is 0.481 e. The Bertz CT molecular complexity index is 902. The number of ether oxygens (including phenoxy) is 1. The van der Waals surface area contributed by atoms with Gasteiger partial charge >= 0.3 is 0 Å². The number of aryl methyl sites for hydroxylation is 2. The number of nitrogens with one attached hydrogen (secondary N) is 3. The third kappa shape index (κ3) is 5.32. The summed E-state index contributed by atoms with van der Waals surface area (Å²) < 4.78 is 33.0. The molecule has 1 amide bonds. The van der Waals surface area contributed by atoms with Crippen molar-refractivity contribution in [3.63, 3.8) is 0 Å². The van der Waals surface area contributed by atoms with Crippen LogP contribution in [-0.2, 0) is 14.8 Å². The van der Waals surface area contributed by atoms with Crippen LogP contribution in [0.25, 0.3) is 0 Å². The molecule has 0 radical (unpaired) electrons. The van der Waals surface area contributed by atoms with E-state index in [9.17, 15) is 13.2 Å². The second-order valence-electron chi connectivity index (χ2n) is 6.90. The fraction of sp³-hybridized carbons (Fsp3) is 0.474. The first-order chi connectivity index (χ1) is 13.1. The van der Waals surface area contributed by atoms with Crippen molar-refractivity contribution in [3.05, 3.63) is 41.2 Å². The van der Waals surface area contributed by atoms with Crippen molar-refractivity contribution in [2.75, 3.05) is 13.1 Å². The number of para-hydroxylation sites is 1. The van der Waals surface area contributed by atoms with Crippen LogP contribution in [0.5, 0.6) is 5.75 Å². The lowest BCUT2D eigenvalue weighted by molar-refractivity contribution is -0.127. The molecule has 8 nitrogen and oxygen atoms in total. The Kier molecular flexibility index (Phi) is 7.20. The molecule has 0 aliphatic heterocycles. The molecule has 3 N–H and O–H groups in total. The molecule has 0 saturated carbocycles. The van der Waals surface area contributed by atoms with Gasteiger partial charge in [0.15, 0.2) is 6.10 Å². The number of benzene rings is 1. The molecule has 0 aliphatic rings. The molecule has 1 heterocycles. The van der Waals surface area contributed by atoms with Gasteiger partial charge in [0.2, 0.25) is 10.0 Å². The van der Waals surface area contributed by atoms with E-state index in [0.29, 0.717) is 17.1 Å². The van der Waals surface area contributed by atoms with Gasteiger partial charge in [-0.3, -0.25) is 9.89 Å². The first-order valence-corrected chi connectivity index (χ1v) is 10.7. The highest BCUT2D eigenvalue weighted by atomic mass is 32.2. The number of amides is 1. The van der Waals surface area contributed by atoms with E-state index in [1.165, 1.54) is 0 Å². The highest BCUT2D eigenvalue weighted by Crippen LogP contribution is 2.26. The number of sulfonamides is 1. The number of carbonyl (C=O) groups excluding carboxylic acids is 1. The van der Waals surface area contributed by atoms with Crippen molar-refractivity contribution in [2.45, 2.75) is 51.5 Å². The second kappa shape index (κ2) is 9.20. The molecular formula is C19H28N4O4S. The summed E-state index contributed by atoms with van der Waals surface area (Å²) in [4.78, 5) is 12.4. The molecule has 0 fully saturated rings. The molecule has 1 aromatic heterocycles. The molecule has 0 spiro atoms. The second-order valence-corrected chi connectivity index (χ2v) is 8.61. The van der Waals surface area contributed by atoms with Crippen LogP contribution in [0.4, 0.5) is 0 Å². The van der Waals surface area contributed by atoms with Crippen LogP contribution in [0.2, 0.25) is 0 Å². The average molecular weight is 409 g/mol. The van der Waals surface area contributed by atoms with Crippen molar-refractivity contribution >= 4 is 15.9 Å². The lowest BCUT2D eigenvalue weighted by Gasteiger charge is -2.18. The third-order valence-electron chi connectivity index (χ3n) is 4.26. The van der Waals surface area contributed by atoms with Crippen LogP contribution in [-0.4, -0.2) is 43.7 Å². The smallest absolute Gasteiger partial charge is 0.260 e. The highest BCUT2D eigenvalue weighted by Gasteiger charge is 2.22. The summed E-state index contributed by atoms with van der Waals surface area (Å²) in [7, 11) is -3.69. The van der Waals surface area contributed by atoms with E-state index in [0.717, 1.165) is 5.56 Å². The Balaban J connectivity index is 1.86. The standard InChI is InChI=1S/C19H28N4O4S/c1-12(2)16-8-6-7-9-17(16)27-15(5)19(24)20-10-11-21-28(25,26)18-13(3)22-23-14(18)4/h6-9,12,15,21H,10-11H2,1-5H3,(H,20,24)(H,22,23). The van der Waals surface area contributed by atoms with E-state index >= 15 is 0 Å². The first-order valence-electron chi connectivity index (χ1n) is 9.18. The Morgan fingerprint density at radius 2 is 1.86 bits per heavy atom. The molecule has 154 valence electrons. The predicted molar refractivity (Wildman–Crippen MR) is 107 cm³/mol. The number of aromatic nitrogens is 2. The molecule has 0 saturated heterocycles. The molecule has 2 rings (SSSR count). The van der Waals surface area contributed by atoms with Gasteiger partial charge < -0.3 is 10.1 Å². The van der Waals surface area contributed by atoms with E-state index in [1.807, 2.05) is 24.3 Å². The molecule has 0 bridgehead atoms. The van der Waals surface area contributed by atoms with Gasteiger partial charge in [0.25, 0.3) is 5.91 Å². The Morgan fingerprint density at radius 1 is 1.18 bits per heavy atom.